The third-order valence-corrected chi connectivity index (χ3v) is 4.56. The Hall–Kier alpha value is -0.800. The summed E-state index contributed by atoms with van der Waals surface area (Å²) in [4.78, 5) is 2.46. The molecule has 2 heterocycles. The van der Waals surface area contributed by atoms with Crippen molar-refractivity contribution in [2.75, 3.05) is 6.54 Å². The van der Waals surface area contributed by atoms with E-state index in [0.717, 1.165) is 24.6 Å². The standard InChI is InChI=1S/C15H24N2O/c1-9(2)17-7-6-12(16)15(17)14-5-4-13(18-14)11-8-10(11)3/h4-5,9-12,15H,6-8,16H2,1-3H3. The fourth-order valence-corrected chi connectivity index (χ4v) is 3.24. The van der Waals surface area contributed by atoms with Crippen molar-refractivity contribution < 1.29 is 4.42 Å². The molecule has 2 fully saturated rings. The van der Waals surface area contributed by atoms with Crippen LogP contribution in [0.1, 0.15) is 57.1 Å². The minimum Gasteiger partial charge on any atom is -0.464 e. The van der Waals surface area contributed by atoms with Crippen LogP contribution >= 0.6 is 0 Å². The molecule has 0 aromatic carbocycles. The van der Waals surface area contributed by atoms with Crippen LogP contribution < -0.4 is 5.73 Å². The number of nitrogens with two attached hydrogens (primary N) is 1. The highest BCUT2D eigenvalue weighted by Gasteiger charge is 2.40. The average molecular weight is 248 g/mol. The van der Waals surface area contributed by atoms with Gasteiger partial charge >= 0.3 is 0 Å². The van der Waals surface area contributed by atoms with Gasteiger partial charge in [-0.2, -0.15) is 0 Å². The predicted octanol–water partition coefficient (Wildman–Crippen LogP) is 2.89. The molecule has 1 aromatic rings. The van der Waals surface area contributed by atoms with Crippen LogP contribution in [-0.4, -0.2) is 23.5 Å². The van der Waals surface area contributed by atoms with E-state index in [1.807, 2.05) is 0 Å². The molecule has 2 aliphatic rings. The second kappa shape index (κ2) is 4.39. The van der Waals surface area contributed by atoms with Crippen molar-refractivity contribution in [2.24, 2.45) is 11.7 Å². The van der Waals surface area contributed by atoms with Gasteiger partial charge in [-0.1, -0.05) is 6.92 Å². The minimum absolute atomic E-state index is 0.211. The van der Waals surface area contributed by atoms with E-state index in [1.165, 1.54) is 12.2 Å². The van der Waals surface area contributed by atoms with E-state index in [4.69, 9.17) is 10.2 Å². The van der Waals surface area contributed by atoms with Crippen molar-refractivity contribution in [1.82, 2.24) is 4.90 Å². The highest BCUT2D eigenvalue weighted by atomic mass is 16.3. The predicted molar refractivity (Wildman–Crippen MR) is 72.4 cm³/mol. The van der Waals surface area contributed by atoms with Crippen molar-refractivity contribution in [3.8, 4) is 0 Å². The van der Waals surface area contributed by atoms with Gasteiger partial charge in [0.15, 0.2) is 0 Å². The van der Waals surface area contributed by atoms with E-state index in [0.29, 0.717) is 12.0 Å². The Morgan fingerprint density at radius 1 is 1.33 bits per heavy atom. The monoisotopic (exact) mass is 248 g/mol. The first-order valence-corrected chi connectivity index (χ1v) is 7.19. The normalized spacial score (nSPS) is 36.5. The second-order valence-electron chi connectivity index (χ2n) is 6.29. The molecular weight excluding hydrogens is 224 g/mol. The molecule has 1 saturated carbocycles. The van der Waals surface area contributed by atoms with Crippen molar-refractivity contribution in [1.29, 1.82) is 0 Å². The first-order valence-electron chi connectivity index (χ1n) is 7.19. The van der Waals surface area contributed by atoms with E-state index in [1.54, 1.807) is 0 Å². The summed E-state index contributed by atoms with van der Waals surface area (Å²) in [6.45, 7) is 7.84. The van der Waals surface area contributed by atoms with Crippen LogP contribution in [0.5, 0.6) is 0 Å². The maximum atomic E-state index is 6.27. The van der Waals surface area contributed by atoms with Gasteiger partial charge in [-0.3, -0.25) is 4.90 Å². The summed E-state index contributed by atoms with van der Waals surface area (Å²) in [5, 5.41) is 0. The van der Waals surface area contributed by atoms with Gasteiger partial charge in [0.25, 0.3) is 0 Å². The van der Waals surface area contributed by atoms with E-state index in [-0.39, 0.29) is 12.1 Å². The first kappa shape index (κ1) is 12.2. The summed E-state index contributed by atoms with van der Waals surface area (Å²) >= 11 is 0. The largest absolute Gasteiger partial charge is 0.464 e. The van der Waals surface area contributed by atoms with Crippen LogP contribution in [0, 0.1) is 5.92 Å². The topological polar surface area (TPSA) is 42.4 Å². The maximum Gasteiger partial charge on any atom is 0.122 e. The van der Waals surface area contributed by atoms with Crippen molar-refractivity contribution in [3.05, 3.63) is 23.7 Å². The number of rotatable bonds is 3. The van der Waals surface area contributed by atoms with E-state index >= 15 is 0 Å². The Morgan fingerprint density at radius 2 is 2.00 bits per heavy atom. The van der Waals surface area contributed by atoms with Gasteiger partial charge in [-0.15, -0.1) is 0 Å². The van der Waals surface area contributed by atoms with Gasteiger partial charge < -0.3 is 10.2 Å². The zero-order valence-electron chi connectivity index (χ0n) is 11.6. The lowest BCUT2D eigenvalue weighted by molar-refractivity contribution is 0.175. The molecule has 0 spiro atoms. The summed E-state index contributed by atoms with van der Waals surface area (Å²) in [6.07, 6.45) is 2.34. The molecule has 4 atom stereocenters. The summed E-state index contributed by atoms with van der Waals surface area (Å²) in [6, 6.07) is 5.31. The molecule has 4 unspecified atom stereocenters. The lowest BCUT2D eigenvalue weighted by Crippen LogP contribution is -2.35. The first-order chi connectivity index (χ1) is 8.58. The maximum absolute atomic E-state index is 6.27. The molecule has 0 radical (unpaired) electrons. The zero-order chi connectivity index (χ0) is 12.9. The molecule has 2 N–H and O–H groups in total. The van der Waals surface area contributed by atoms with E-state index < -0.39 is 0 Å². The van der Waals surface area contributed by atoms with Crippen molar-refractivity contribution in [3.63, 3.8) is 0 Å². The fraction of sp³-hybridized carbons (Fsp3) is 0.733. The van der Waals surface area contributed by atoms with Gasteiger partial charge in [-0.05, 0) is 44.7 Å². The van der Waals surface area contributed by atoms with Gasteiger partial charge in [0.1, 0.15) is 11.5 Å². The Bertz CT molecular complexity index is 426. The molecule has 1 aliphatic carbocycles. The van der Waals surface area contributed by atoms with Crippen LogP contribution in [0.2, 0.25) is 0 Å². The number of hydrogen-bond acceptors (Lipinski definition) is 3. The lowest BCUT2D eigenvalue weighted by Gasteiger charge is -2.28. The minimum atomic E-state index is 0.211. The van der Waals surface area contributed by atoms with Crippen LogP contribution in [0.25, 0.3) is 0 Å². The van der Waals surface area contributed by atoms with Crippen LogP contribution in [-0.2, 0) is 0 Å². The van der Waals surface area contributed by atoms with Crippen LogP contribution in [0.15, 0.2) is 16.5 Å². The summed E-state index contributed by atoms with van der Waals surface area (Å²) in [5.74, 6) is 3.69. The third kappa shape index (κ3) is 1.99. The van der Waals surface area contributed by atoms with Crippen molar-refractivity contribution in [2.45, 2.75) is 57.7 Å². The Labute approximate surface area is 109 Å². The van der Waals surface area contributed by atoms with Gasteiger partial charge in [0.2, 0.25) is 0 Å². The SMILES string of the molecule is CC1CC1c1ccc(C2C(N)CCN2C(C)C)o1. The highest BCUT2D eigenvalue weighted by molar-refractivity contribution is 5.21. The molecule has 1 saturated heterocycles. The smallest absolute Gasteiger partial charge is 0.122 e. The van der Waals surface area contributed by atoms with Crippen LogP contribution in [0.3, 0.4) is 0 Å². The molecule has 3 heteroatoms. The molecular formula is C15H24N2O. The molecule has 100 valence electrons. The summed E-state index contributed by atoms with van der Waals surface area (Å²) in [7, 11) is 0. The van der Waals surface area contributed by atoms with E-state index in [9.17, 15) is 0 Å². The number of hydrogen-bond donors (Lipinski definition) is 1. The molecule has 3 nitrogen and oxygen atoms in total. The third-order valence-electron chi connectivity index (χ3n) is 4.56. The quantitative estimate of drug-likeness (QED) is 0.894. The number of furan rings is 1. The molecule has 0 bridgehead atoms. The molecule has 1 aromatic heterocycles. The molecule has 0 amide bonds. The fourth-order valence-electron chi connectivity index (χ4n) is 3.24. The van der Waals surface area contributed by atoms with Gasteiger partial charge in [0.05, 0.1) is 6.04 Å². The van der Waals surface area contributed by atoms with Gasteiger partial charge in [0, 0.05) is 24.5 Å². The Kier molecular flexibility index (Phi) is 2.99. The molecule has 3 rings (SSSR count). The summed E-state index contributed by atoms with van der Waals surface area (Å²) < 4.78 is 6.09. The Morgan fingerprint density at radius 3 is 2.61 bits per heavy atom. The van der Waals surface area contributed by atoms with Gasteiger partial charge in [-0.25, -0.2) is 0 Å². The zero-order valence-corrected chi connectivity index (χ0v) is 11.6. The average Bonchev–Trinajstić information content (AvgIpc) is 2.78. The molecule has 1 aliphatic heterocycles. The van der Waals surface area contributed by atoms with Crippen molar-refractivity contribution >= 4 is 0 Å². The second-order valence-corrected chi connectivity index (χ2v) is 6.29. The number of likely N-dealkylation sites (tertiary alicyclic amines) is 1. The molecule has 18 heavy (non-hydrogen) atoms. The highest BCUT2D eigenvalue weighted by Crippen LogP contribution is 2.48. The lowest BCUT2D eigenvalue weighted by atomic mass is 10.1. The van der Waals surface area contributed by atoms with E-state index in [2.05, 4.69) is 37.8 Å². The Balaban J connectivity index is 1.82. The number of nitrogens with zero attached hydrogens (tertiary/aromatic N) is 1. The summed E-state index contributed by atoms with van der Waals surface area (Å²) in [5.41, 5.74) is 6.27. The van der Waals surface area contributed by atoms with Crippen LogP contribution in [0.4, 0.5) is 0 Å².